The molecule has 0 N–H and O–H groups in total. The van der Waals surface area contributed by atoms with Crippen LogP contribution in [-0.4, -0.2) is 115 Å². The number of carbonyl (C=O) groups is 2. The van der Waals surface area contributed by atoms with Gasteiger partial charge in [-0.2, -0.15) is 15.2 Å². The van der Waals surface area contributed by atoms with E-state index < -0.39 is 0 Å². The van der Waals surface area contributed by atoms with E-state index in [1.807, 2.05) is 11.9 Å². The summed E-state index contributed by atoms with van der Waals surface area (Å²) in [5.41, 5.74) is 4.93. The summed E-state index contributed by atoms with van der Waals surface area (Å²) in [6.45, 7) is 9.00. The number of nitriles is 1. The summed E-state index contributed by atoms with van der Waals surface area (Å²) in [6.07, 6.45) is 6.06. The number of hydrogen-bond donors (Lipinski definition) is 0. The van der Waals surface area contributed by atoms with Gasteiger partial charge in [0.1, 0.15) is 12.4 Å². The maximum absolute atomic E-state index is 13.3. The van der Waals surface area contributed by atoms with Crippen molar-refractivity contribution in [1.29, 1.82) is 5.26 Å². The van der Waals surface area contributed by atoms with Crippen molar-refractivity contribution in [3.8, 4) is 12.1 Å². The van der Waals surface area contributed by atoms with Crippen LogP contribution in [0.4, 0.5) is 11.5 Å². The molecule has 1 aromatic carbocycles. The van der Waals surface area contributed by atoms with Gasteiger partial charge in [0.15, 0.2) is 0 Å². The van der Waals surface area contributed by atoms with Crippen LogP contribution < -0.4 is 14.5 Å². The number of nitrogens with zero attached hydrogens (tertiary/aromatic N) is 8. The molecule has 44 heavy (non-hydrogen) atoms. The Balaban J connectivity index is 1.31. The van der Waals surface area contributed by atoms with Crippen molar-refractivity contribution in [2.24, 2.45) is 0 Å². The third-order valence-corrected chi connectivity index (χ3v) is 9.69. The maximum Gasteiger partial charge on any atom is 0.318 e. The Bertz CT molecular complexity index is 1470. The molecule has 2 aromatic rings. The molecule has 2 amide bonds. The highest BCUT2D eigenvalue weighted by Gasteiger charge is 2.34. The molecule has 11 heteroatoms. The highest BCUT2D eigenvalue weighted by molar-refractivity contribution is 6.02. The van der Waals surface area contributed by atoms with Crippen molar-refractivity contribution in [3.63, 3.8) is 0 Å². The van der Waals surface area contributed by atoms with Gasteiger partial charge in [0, 0.05) is 70.0 Å². The van der Waals surface area contributed by atoms with E-state index in [4.69, 9.17) is 14.7 Å². The van der Waals surface area contributed by atoms with Crippen LogP contribution in [0.25, 0.3) is 0 Å². The SMILES string of the molecule is C=CC(=O)N1CCN(c2nc(OC[C@@H]3CCCN3C)nc3c2CCN(c2cccc4c2C(=O)N(C)CC4)CC3)C[C@@H]1CC#N. The summed E-state index contributed by atoms with van der Waals surface area (Å²) in [6, 6.07) is 8.90. The predicted molar refractivity (Wildman–Crippen MR) is 168 cm³/mol. The Kier molecular flexibility index (Phi) is 8.71. The molecular weight excluding hydrogens is 556 g/mol. The zero-order valence-electron chi connectivity index (χ0n) is 25.9. The molecule has 5 heterocycles. The smallest absolute Gasteiger partial charge is 0.318 e. The van der Waals surface area contributed by atoms with Crippen LogP contribution in [0.5, 0.6) is 6.01 Å². The van der Waals surface area contributed by atoms with Gasteiger partial charge in [-0.3, -0.25) is 9.59 Å². The molecule has 0 bridgehead atoms. The highest BCUT2D eigenvalue weighted by Crippen LogP contribution is 2.33. The van der Waals surface area contributed by atoms with Crippen molar-refractivity contribution >= 4 is 23.3 Å². The van der Waals surface area contributed by atoms with Crippen LogP contribution in [0.1, 0.15) is 46.4 Å². The molecule has 11 nitrogen and oxygen atoms in total. The van der Waals surface area contributed by atoms with Gasteiger partial charge in [-0.1, -0.05) is 18.7 Å². The van der Waals surface area contributed by atoms with Gasteiger partial charge in [0.2, 0.25) is 5.91 Å². The lowest BCUT2D eigenvalue weighted by molar-refractivity contribution is -0.128. The van der Waals surface area contributed by atoms with Crippen molar-refractivity contribution in [3.05, 3.63) is 53.2 Å². The van der Waals surface area contributed by atoms with Gasteiger partial charge < -0.3 is 29.2 Å². The minimum Gasteiger partial charge on any atom is -0.462 e. The quantitative estimate of drug-likeness (QED) is 0.444. The first kappa shape index (κ1) is 29.9. The summed E-state index contributed by atoms with van der Waals surface area (Å²) in [5.74, 6) is 0.747. The summed E-state index contributed by atoms with van der Waals surface area (Å²) >= 11 is 0. The third kappa shape index (κ3) is 5.83. The predicted octanol–water partition coefficient (Wildman–Crippen LogP) is 2.30. The first-order valence-corrected chi connectivity index (χ1v) is 15.8. The summed E-state index contributed by atoms with van der Waals surface area (Å²) in [4.78, 5) is 46.2. The van der Waals surface area contributed by atoms with Gasteiger partial charge in [-0.05, 0) is 57.0 Å². The molecule has 6 rings (SSSR count). The van der Waals surface area contributed by atoms with Crippen LogP contribution in [-0.2, 0) is 24.1 Å². The number of likely N-dealkylation sites (tertiary alicyclic amines) is 1. The number of piperazine rings is 1. The Morgan fingerprint density at radius 2 is 1.91 bits per heavy atom. The molecule has 0 spiro atoms. The largest absolute Gasteiger partial charge is 0.462 e. The lowest BCUT2D eigenvalue weighted by Gasteiger charge is -2.41. The van der Waals surface area contributed by atoms with Gasteiger partial charge >= 0.3 is 6.01 Å². The maximum atomic E-state index is 13.3. The summed E-state index contributed by atoms with van der Waals surface area (Å²) < 4.78 is 6.28. The van der Waals surface area contributed by atoms with E-state index in [0.717, 1.165) is 79.3 Å². The first-order chi connectivity index (χ1) is 21.4. The topological polar surface area (TPSA) is 109 Å². The Hall–Kier alpha value is -4.17. The normalized spacial score (nSPS) is 22.2. The number of amides is 2. The fourth-order valence-corrected chi connectivity index (χ4v) is 7.11. The van der Waals surface area contributed by atoms with Crippen LogP contribution in [0.15, 0.2) is 30.9 Å². The second-order valence-corrected chi connectivity index (χ2v) is 12.3. The highest BCUT2D eigenvalue weighted by atomic mass is 16.5. The zero-order chi connectivity index (χ0) is 30.8. The number of anilines is 2. The molecule has 1 aromatic heterocycles. The molecule has 4 aliphatic heterocycles. The standard InChI is InChI=1S/C33H42N8O3/c1-4-29(42)41-20-19-40(21-24(41)10-14-34)31-26-12-17-39(28-9-5-7-23-11-16-38(3)32(43)30(23)28)18-13-27(26)35-33(36-31)44-22-25-8-6-15-37(25)2/h4-5,7,9,24-25H,1,6,8,10-13,15-22H2,2-3H3/t24-,25-/m0/s1. The second-order valence-electron chi connectivity index (χ2n) is 12.3. The number of benzene rings is 1. The molecule has 2 atom stereocenters. The summed E-state index contributed by atoms with van der Waals surface area (Å²) in [7, 11) is 4.00. The van der Waals surface area contributed by atoms with E-state index in [1.54, 1.807) is 4.90 Å². The second kappa shape index (κ2) is 12.8. The number of fused-ring (bicyclic) bond motifs is 2. The molecular formula is C33H42N8O3. The van der Waals surface area contributed by atoms with Crippen molar-refractivity contribution in [1.82, 2.24) is 24.7 Å². The number of aromatic nitrogens is 2. The third-order valence-electron chi connectivity index (χ3n) is 9.69. The molecule has 4 aliphatic rings. The van der Waals surface area contributed by atoms with E-state index in [0.29, 0.717) is 51.1 Å². The van der Waals surface area contributed by atoms with Crippen LogP contribution >= 0.6 is 0 Å². The van der Waals surface area contributed by atoms with Gasteiger partial charge in [-0.25, -0.2) is 0 Å². The number of carbonyl (C=O) groups excluding carboxylic acids is 2. The van der Waals surface area contributed by atoms with Crippen LogP contribution in [0.2, 0.25) is 0 Å². The lowest BCUT2D eigenvalue weighted by Crippen LogP contribution is -2.55. The molecule has 0 radical (unpaired) electrons. The average Bonchev–Trinajstić information content (AvgIpc) is 3.33. The van der Waals surface area contributed by atoms with Crippen molar-refractivity contribution in [2.75, 3.05) is 76.3 Å². The molecule has 0 saturated carbocycles. The minimum atomic E-state index is -0.262. The van der Waals surface area contributed by atoms with Crippen LogP contribution in [0.3, 0.4) is 0 Å². The number of likely N-dealkylation sites (N-methyl/N-ethyl adjacent to an activating group) is 2. The zero-order valence-corrected chi connectivity index (χ0v) is 25.9. The van der Waals surface area contributed by atoms with Crippen LogP contribution in [0, 0.1) is 11.3 Å². The fourth-order valence-electron chi connectivity index (χ4n) is 7.11. The van der Waals surface area contributed by atoms with Gasteiger partial charge in [0.25, 0.3) is 5.91 Å². The van der Waals surface area contributed by atoms with Crippen molar-refractivity contribution in [2.45, 2.75) is 50.6 Å². The van der Waals surface area contributed by atoms with E-state index in [1.165, 1.54) is 6.08 Å². The monoisotopic (exact) mass is 598 g/mol. The Morgan fingerprint density at radius 1 is 1.07 bits per heavy atom. The summed E-state index contributed by atoms with van der Waals surface area (Å²) in [5, 5.41) is 9.56. The number of hydrogen-bond acceptors (Lipinski definition) is 9. The first-order valence-electron chi connectivity index (χ1n) is 15.8. The van der Waals surface area contributed by atoms with Crippen molar-refractivity contribution < 1.29 is 14.3 Å². The molecule has 0 unspecified atom stereocenters. The number of rotatable bonds is 7. The van der Waals surface area contributed by atoms with Gasteiger partial charge in [0.05, 0.1) is 29.8 Å². The average molecular weight is 599 g/mol. The molecule has 2 fully saturated rings. The van der Waals surface area contributed by atoms with E-state index in [9.17, 15) is 14.9 Å². The molecule has 232 valence electrons. The van der Waals surface area contributed by atoms with E-state index >= 15 is 0 Å². The fraction of sp³-hybridized carbons (Fsp3) is 0.545. The molecule has 0 aliphatic carbocycles. The number of ether oxygens (including phenoxy) is 1. The van der Waals surface area contributed by atoms with E-state index in [2.05, 4.69) is 52.6 Å². The van der Waals surface area contributed by atoms with Gasteiger partial charge in [-0.15, -0.1) is 0 Å². The minimum absolute atomic E-state index is 0.0761. The molecule has 2 saturated heterocycles. The Morgan fingerprint density at radius 3 is 2.68 bits per heavy atom. The lowest BCUT2D eigenvalue weighted by atomic mass is 9.96. The van der Waals surface area contributed by atoms with E-state index in [-0.39, 0.29) is 24.3 Å². The Labute approximate surface area is 259 Å².